The van der Waals surface area contributed by atoms with Crippen molar-refractivity contribution in [2.24, 2.45) is 0 Å². The summed E-state index contributed by atoms with van der Waals surface area (Å²) in [4.78, 5) is 20.9. The van der Waals surface area contributed by atoms with Crippen LogP contribution in [0.4, 0.5) is 5.69 Å². The Morgan fingerprint density at radius 3 is 2.75 bits per heavy atom. The van der Waals surface area contributed by atoms with E-state index in [1.54, 1.807) is 19.5 Å². The summed E-state index contributed by atoms with van der Waals surface area (Å²) in [5.41, 5.74) is 2.43. The van der Waals surface area contributed by atoms with Crippen molar-refractivity contribution in [3.8, 4) is 17.1 Å². The third-order valence-electron chi connectivity index (χ3n) is 4.35. The van der Waals surface area contributed by atoms with Crippen LogP contribution in [-0.4, -0.2) is 23.0 Å². The Morgan fingerprint density at radius 2 is 1.93 bits per heavy atom. The first kappa shape index (κ1) is 17.7. The van der Waals surface area contributed by atoms with Gasteiger partial charge < -0.3 is 14.5 Å². The van der Waals surface area contributed by atoms with Gasteiger partial charge in [0.25, 0.3) is 0 Å². The summed E-state index contributed by atoms with van der Waals surface area (Å²) >= 11 is 0. The van der Waals surface area contributed by atoms with E-state index in [0.29, 0.717) is 23.8 Å². The SMILES string of the molecule is COc1ccc2cc(NC(=O)CCc3ncc(-c4ccccc4)o3)cnc2c1. The van der Waals surface area contributed by atoms with Crippen LogP contribution in [0.5, 0.6) is 5.75 Å². The van der Waals surface area contributed by atoms with E-state index in [9.17, 15) is 4.79 Å². The molecule has 0 aliphatic heterocycles. The average Bonchev–Trinajstić information content (AvgIpc) is 3.22. The maximum atomic E-state index is 12.3. The van der Waals surface area contributed by atoms with Crippen molar-refractivity contribution in [2.75, 3.05) is 12.4 Å². The molecule has 4 aromatic rings. The van der Waals surface area contributed by atoms with Crippen molar-refractivity contribution in [1.29, 1.82) is 0 Å². The quantitative estimate of drug-likeness (QED) is 0.540. The number of pyridine rings is 1. The number of benzene rings is 2. The van der Waals surface area contributed by atoms with Gasteiger partial charge in [-0.1, -0.05) is 30.3 Å². The smallest absolute Gasteiger partial charge is 0.224 e. The number of nitrogens with zero attached hydrogens (tertiary/aromatic N) is 2. The van der Waals surface area contributed by atoms with Gasteiger partial charge in [0.2, 0.25) is 5.91 Å². The zero-order valence-corrected chi connectivity index (χ0v) is 15.4. The van der Waals surface area contributed by atoms with Crippen LogP contribution in [0.15, 0.2) is 71.4 Å². The van der Waals surface area contributed by atoms with E-state index in [1.165, 1.54) is 0 Å². The van der Waals surface area contributed by atoms with Gasteiger partial charge in [-0.15, -0.1) is 0 Å². The fraction of sp³-hybridized carbons (Fsp3) is 0.136. The number of anilines is 1. The number of rotatable bonds is 6. The molecule has 2 aromatic carbocycles. The Labute approximate surface area is 162 Å². The maximum absolute atomic E-state index is 12.3. The van der Waals surface area contributed by atoms with Gasteiger partial charge in [-0.25, -0.2) is 4.98 Å². The third-order valence-corrected chi connectivity index (χ3v) is 4.35. The molecule has 140 valence electrons. The van der Waals surface area contributed by atoms with Gasteiger partial charge in [-0.3, -0.25) is 9.78 Å². The van der Waals surface area contributed by atoms with Crippen molar-refractivity contribution in [2.45, 2.75) is 12.8 Å². The second kappa shape index (κ2) is 7.92. The van der Waals surface area contributed by atoms with Crippen molar-refractivity contribution in [3.63, 3.8) is 0 Å². The standard InChI is InChI=1S/C22H19N3O3/c1-27-18-8-7-16-11-17(13-23-19(16)12-18)25-21(26)9-10-22-24-14-20(28-22)15-5-3-2-4-6-15/h2-8,11-14H,9-10H2,1H3,(H,25,26). The summed E-state index contributed by atoms with van der Waals surface area (Å²) < 4.78 is 10.9. The Hall–Kier alpha value is -3.67. The molecule has 0 saturated carbocycles. The largest absolute Gasteiger partial charge is 0.497 e. The summed E-state index contributed by atoms with van der Waals surface area (Å²) in [5, 5.41) is 3.80. The van der Waals surface area contributed by atoms with E-state index in [0.717, 1.165) is 22.2 Å². The van der Waals surface area contributed by atoms with Gasteiger partial charge >= 0.3 is 0 Å². The highest BCUT2D eigenvalue weighted by molar-refractivity contribution is 5.93. The highest BCUT2D eigenvalue weighted by Crippen LogP contribution is 2.22. The van der Waals surface area contributed by atoms with Gasteiger partial charge in [0.05, 0.1) is 30.7 Å². The molecule has 0 atom stereocenters. The minimum absolute atomic E-state index is 0.117. The second-order valence-corrected chi connectivity index (χ2v) is 6.32. The molecule has 1 N–H and O–H groups in total. The summed E-state index contributed by atoms with van der Waals surface area (Å²) in [6, 6.07) is 17.3. The molecule has 2 heterocycles. The fourth-order valence-corrected chi connectivity index (χ4v) is 2.90. The highest BCUT2D eigenvalue weighted by atomic mass is 16.5. The molecule has 28 heavy (non-hydrogen) atoms. The summed E-state index contributed by atoms with van der Waals surface area (Å²) in [6.07, 6.45) is 4.02. The van der Waals surface area contributed by atoms with Crippen LogP contribution < -0.4 is 10.1 Å². The minimum atomic E-state index is -0.117. The average molecular weight is 373 g/mol. The van der Waals surface area contributed by atoms with E-state index in [2.05, 4.69) is 15.3 Å². The Bertz CT molecular complexity index is 1110. The Kier molecular flexibility index (Phi) is 5.01. The summed E-state index contributed by atoms with van der Waals surface area (Å²) in [5.74, 6) is 1.87. The van der Waals surface area contributed by atoms with Crippen molar-refractivity contribution >= 4 is 22.5 Å². The van der Waals surface area contributed by atoms with Gasteiger partial charge in [-0.05, 0) is 18.2 Å². The molecule has 0 unspecified atom stereocenters. The fourth-order valence-electron chi connectivity index (χ4n) is 2.90. The number of ether oxygens (including phenoxy) is 1. The molecule has 0 spiro atoms. The molecule has 0 aliphatic carbocycles. The number of hydrogen-bond donors (Lipinski definition) is 1. The Morgan fingerprint density at radius 1 is 1.07 bits per heavy atom. The van der Waals surface area contributed by atoms with E-state index < -0.39 is 0 Å². The zero-order chi connectivity index (χ0) is 19.3. The van der Waals surface area contributed by atoms with Crippen LogP contribution in [-0.2, 0) is 11.2 Å². The van der Waals surface area contributed by atoms with Crippen LogP contribution in [0, 0.1) is 0 Å². The number of carbonyl (C=O) groups excluding carboxylic acids is 1. The molecule has 1 amide bonds. The van der Waals surface area contributed by atoms with Crippen LogP contribution >= 0.6 is 0 Å². The number of aryl methyl sites for hydroxylation is 1. The molecule has 4 rings (SSSR count). The van der Waals surface area contributed by atoms with Crippen molar-refractivity contribution < 1.29 is 13.9 Å². The molecule has 0 bridgehead atoms. The lowest BCUT2D eigenvalue weighted by Crippen LogP contribution is -2.12. The number of aromatic nitrogens is 2. The normalized spacial score (nSPS) is 10.8. The maximum Gasteiger partial charge on any atom is 0.224 e. The van der Waals surface area contributed by atoms with Crippen LogP contribution in [0.25, 0.3) is 22.2 Å². The number of nitrogens with one attached hydrogen (secondary N) is 1. The second-order valence-electron chi connectivity index (χ2n) is 6.32. The van der Waals surface area contributed by atoms with Gasteiger partial charge in [0, 0.05) is 29.9 Å². The lowest BCUT2D eigenvalue weighted by Gasteiger charge is -2.06. The first-order valence-electron chi connectivity index (χ1n) is 8.95. The van der Waals surface area contributed by atoms with E-state index >= 15 is 0 Å². The molecular weight excluding hydrogens is 354 g/mol. The molecular formula is C22H19N3O3. The molecule has 6 heteroatoms. The van der Waals surface area contributed by atoms with Crippen LogP contribution in [0.1, 0.15) is 12.3 Å². The van der Waals surface area contributed by atoms with Gasteiger partial charge in [-0.2, -0.15) is 0 Å². The molecule has 0 saturated heterocycles. The molecule has 0 radical (unpaired) electrons. The third kappa shape index (κ3) is 4.01. The van der Waals surface area contributed by atoms with Gasteiger partial charge in [0.15, 0.2) is 11.7 Å². The zero-order valence-electron chi connectivity index (χ0n) is 15.4. The van der Waals surface area contributed by atoms with Gasteiger partial charge in [0.1, 0.15) is 5.75 Å². The summed E-state index contributed by atoms with van der Waals surface area (Å²) in [6.45, 7) is 0. The first-order valence-corrected chi connectivity index (χ1v) is 8.95. The molecule has 0 aliphatic rings. The van der Waals surface area contributed by atoms with Crippen molar-refractivity contribution in [1.82, 2.24) is 9.97 Å². The van der Waals surface area contributed by atoms with Crippen molar-refractivity contribution in [3.05, 3.63) is 72.9 Å². The first-order chi connectivity index (χ1) is 13.7. The number of methoxy groups -OCH3 is 1. The number of oxazole rings is 1. The lowest BCUT2D eigenvalue weighted by atomic mass is 10.2. The predicted molar refractivity (Wildman–Crippen MR) is 107 cm³/mol. The van der Waals surface area contributed by atoms with Crippen LogP contribution in [0.2, 0.25) is 0 Å². The molecule has 0 fully saturated rings. The number of amides is 1. The minimum Gasteiger partial charge on any atom is -0.497 e. The van der Waals surface area contributed by atoms with Crippen LogP contribution in [0.3, 0.4) is 0 Å². The van der Waals surface area contributed by atoms with E-state index in [4.69, 9.17) is 9.15 Å². The monoisotopic (exact) mass is 373 g/mol. The molecule has 6 nitrogen and oxygen atoms in total. The topological polar surface area (TPSA) is 77.2 Å². The highest BCUT2D eigenvalue weighted by Gasteiger charge is 2.10. The summed E-state index contributed by atoms with van der Waals surface area (Å²) in [7, 11) is 1.62. The van der Waals surface area contributed by atoms with E-state index in [-0.39, 0.29) is 12.3 Å². The lowest BCUT2D eigenvalue weighted by molar-refractivity contribution is -0.116. The molecule has 2 aromatic heterocycles. The number of carbonyl (C=O) groups is 1. The number of fused-ring (bicyclic) bond motifs is 1. The Balaban J connectivity index is 1.37. The number of hydrogen-bond acceptors (Lipinski definition) is 5. The van der Waals surface area contributed by atoms with E-state index in [1.807, 2.05) is 54.6 Å². The predicted octanol–water partition coefficient (Wildman–Crippen LogP) is 4.47.